The van der Waals surface area contributed by atoms with Gasteiger partial charge in [-0.1, -0.05) is 30.3 Å². The largest absolute Gasteiger partial charge is 0.497 e. The molecule has 2 aromatic carbocycles. The molecule has 0 unspecified atom stereocenters. The molecule has 3 aromatic rings. The summed E-state index contributed by atoms with van der Waals surface area (Å²) in [5, 5.41) is 3.33. The van der Waals surface area contributed by atoms with Gasteiger partial charge in [-0.25, -0.2) is 4.98 Å². The van der Waals surface area contributed by atoms with Gasteiger partial charge >= 0.3 is 0 Å². The van der Waals surface area contributed by atoms with Crippen LogP contribution in [0.2, 0.25) is 0 Å². The zero-order chi connectivity index (χ0) is 16.9. The first-order valence-electron chi connectivity index (χ1n) is 7.54. The smallest absolute Gasteiger partial charge is 0.146 e. The fourth-order valence-corrected chi connectivity index (χ4v) is 2.78. The Morgan fingerprint density at radius 3 is 2.62 bits per heavy atom. The molecule has 0 aliphatic carbocycles. The first kappa shape index (κ1) is 16.3. The van der Waals surface area contributed by atoms with E-state index in [9.17, 15) is 0 Å². The summed E-state index contributed by atoms with van der Waals surface area (Å²) in [7, 11) is 1.68. The van der Waals surface area contributed by atoms with E-state index in [1.54, 1.807) is 13.3 Å². The SMILES string of the molecule is COc1cccc(-c2cccc(CNc3cc(Br)cnc3N)c2)c1. The third-order valence-electron chi connectivity index (χ3n) is 3.70. The minimum absolute atomic E-state index is 0.488. The molecule has 3 rings (SSSR count). The van der Waals surface area contributed by atoms with Crippen molar-refractivity contribution in [3.63, 3.8) is 0 Å². The molecule has 0 spiro atoms. The first-order chi connectivity index (χ1) is 11.7. The first-order valence-corrected chi connectivity index (χ1v) is 8.33. The van der Waals surface area contributed by atoms with Crippen LogP contribution in [0.15, 0.2) is 65.3 Å². The Labute approximate surface area is 149 Å². The van der Waals surface area contributed by atoms with Crippen molar-refractivity contribution in [2.45, 2.75) is 6.54 Å². The topological polar surface area (TPSA) is 60.2 Å². The van der Waals surface area contributed by atoms with Crippen molar-refractivity contribution in [1.82, 2.24) is 4.98 Å². The van der Waals surface area contributed by atoms with E-state index in [0.717, 1.165) is 32.6 Å². The van der Waals surface area contributed by atoms with Gasteiger partial charge in [0.25, 0.3) is 0 Å². The van der Waals surface area contributed by atoms with Gasteiger partial charge in [0.05, 0.1) is 12.8 Å². The molecule has 0 bridgehead atoms. The maximum absolute atomic E-state index is 5.90. The molecule has 3 N–H and O–H groups in total. The van der Waals surface area contributed by atoms with Crippen LogP contribution in [0, 0.1) is 0 Å². The Bertz CT molecular complexity index is 852. The van der Waals surface area contributed by atoms with E-state index in [0.29, 0.717) is 12.4 Å². The highest BCUT2D eigenvalue weighted by Gasteiger charge is 2.04. The van der Waals surface area contributed by atoms with E-state index in [1.165, 1.54) is 0 Å². The van der Waals surface area contributed by atoms with Crippen molar-refractivity contribution in [3.05, 3.63) is 70.8 Å². The van der Waals surface area contributed by atoms with E-state index < -0.39 is 0 Å². The van der Waals surface area contributed by atoms with Crippen LogP contribution in [0.25, 0.3) is 11.1 Å². The number of aromatic nitrogens is 1. The molecular formula is C19H18BrN3O. The van der Waals surface area contributed by atoms with Crippen LogP contribution < -0.4 is 15.8 Å². The zero-order valence-electron chi connectivity index (χ0n) is 13.3. The molecule has 1 aromatic heterocycles. The number of nitrogens with one attached hydrogen (secondary N) is 1. The monoisotopic (exact) mass is 383 g/mol. The van der Waals surface area contributed by atoms with Crippen molar-refractivity contribution < 1.29 is 4.74 Å². The molecule has 0 amide bonds. The maximum atomic E-state index is 5.90. The molecule has 0 saturated carbocycles. The Morgan fingerprint density at radius 2 is 1.83 bits per heavy atom. The Hall–Kier alpha value is -2.53. The lowest BCUT2D eigenvalue weighted by atomic mass is 10.0. The number of hydrogen-bond donors (Lipinski definition) is 2. The summed E-state index contributed by atoms with van der Waals surface area (Å²) in [6, 6.07) is 18.3. The van der Waals surface area contributed by atoms with Gasteiger partial charge < -0.3 is 15.8 Å². The number of rotatable bonds is 5. The van der Waals surface area contributed by atoms with Crippen LogP contribution in [0.1, 0.15) is 5.56 Å². The molecule has 1 heterocycles. The molecule has 0 aliphatic rings. The molecule has 0 fully saturated rings. The third-order valence-corrected chi connectivity index (χ3v) is 4.13. The maximum Gasteiger partial charge on any atom is 0.146 e. The lowest BCUT2D eigenvalue weighted by molar-refractivity contribution is 0.415. The molecule has 0 aliphatic heterocycles. The number of nitrogen functional groups attached to an aromatic ring is 1. The lowest BCUT2D eigenvalue weighted by Crippen LogP contribution is -2.04. The highest BCUT2D eigenvalue weighted by atomic mass is 79.9. The van der Waals surface area contributed by atoms with Crippen molar-refractivity contribution in [2.24, 2.45) is 0 Å². The molecular weight excluding hydrogens is 366 g/mol. The van der Waals surface area contributed by atoms with E-state index in [2.05, 4.69) is 50.5 Å². The molecule has 122 valence electrons. The van der Waals surface area contributed by atoms with Gasteiger partial charge in [0.1, 0.15) is 11.6 Å². The zero-order valence-corrected chi connectivity index (χ0v) is 14.9. The van der Waals surface area contributed by atoms with Crippen molar-refractivity contribution in [3.8, 4) is 16.9 Å². The van der Waals surface area contributed by atoms with E-state index in [-0.39, 0.29) is 0 Å². The van der Waals surface area contributed by atoms with Gasteiger partial charge in [-0.05, 0) is 56.9 Å². The second kappa shape index (κ2) is 7.36. The highest BCUT2D eigenvalue weighted by molar-refractivity contribution is 9.10. The average Bonchev–Trinajstić information content (AvgIpc) is 2.63. The molecule has 5 heteroatoms. The Balaban J connectivity index is 1.79. The van der Waals surface area contributed by atoms with Crippen molar-refractivity contribution in [1.29, 1.82) is 0 Å². The molecule has 4 nitrogen and oxygen atoms in total. The standard InChI is InChI=1S/C19H18BrN3O/c1-24-17-7-3-6-15(9-17)14-5-2-4-13(8-14)11-22-18-10-16(20)12-23-19(18)21/h2-10,12,22H,11H2,1H3,(H2,21,23). The number of pyridine rings is 1. The highest BCUT2D eigenvalue weighted by Crippen LogP contribution is 2.25. The summed E-state index contributed by atoms with van der Waals surface area (Å²) in [5.41, 5.74) is 10.1. The van der Waals surface area contributed by atoms with Crippen molar-refractivity contribution >= 4 is 27.4 Å². The minimum Gasteiger partial charge on any atom is -0.497 e. The number of hydrogen-bond acceptors (Lipinski definition) is 4. The van der Waals surface area contributed by atoms with Crippen LogP contribution in [0.4, 0.5) is 11.5 Å². The van der Waals surface area contributed by atoms with E-state index in [1.807, 2.05) is 30.3 Å². The fraction of sp³-hybridized carbons (Fsp3) is 0.105. The van der Waals surface area contributed by atoms with Crippen LogP contribution in [-0.4, -0.2) is 12.1 Å². The van der Waals surface area contributed by atoms with Gasteiger partial charge in [-0.3, -0.25) is 0 Å². The molecule has 0 radical (unpaired) electrons. The molecule has 0 atom stereocenters. The van der Waals surface area contributed by atoms with Crippen LogP contribution in [0.5, 0.6) is 5.75 Å². The molecule has 24 heavy (non-hydrogen) atoms. The normalized spacial score (nSPS) is 10.4. The van der Waals surface area contributed by atoms with Gasteiger partial charge in [-0.2, -0.15) is 0 Å². The average molecular weight is 384 g/mol. The number of methoxy groups -OCH3 is 1. The Kier molecular flexibility index (Phi) is 5.01. The number of halogens is 1. The predicted molar refractivity (Wildman–Crippen MR) is 102 cm³/mol. The minimum atomic E-state index is 0.488. The summed E-state index contributed by atoms with van der Waals surface area (Å²) in [6.07, 6.45) is 1.68. The van der Waals surface area contributed by atoms with Crippen LogP contribution in [-0.2, 0) is 6.54 Å². The fourth-order valence-electron chi connectivity index (χ4n) is 2.45. The summed E-state index contributed by atoms with van der Waals surface area (Å²) in [6.45, 7) is 0.667. The summed E-state index contributed by atoms with van der Waals surface area (Å²) < 4.78 is 6.19. The second-order valence-electron chi connectivity index (χ2n) is 5.37. The number of anilines is 2. The predicted octanol–water partition coefficient (Wildman–Crippen LogP) is 4.71. The van der Waals surface area contributed by atoms with Crippen molar-refractivity contribution in [2.75, 3.05) is 18.2 Å². The lowest BCUT2D eigenvalue weighted by Gasteiger charge is -2.11. The summed E-state index contributed by atoms with van der Waals surface area (Å²) in [4.78, 5) is 4.13. The third kappa shape index (κ3) is 3.86. The second-order valence-corrected chi connectivity index (χ2v) is 6.29. The number of benzene rings is 2. The van der Waals surface area contributed by atoms with Crippen LogP contribution in [0.3, 0.4) is 0 Å². The van der Waals surface area contributed by atoms with Gasteiger partial charge in [-0.15, -0.1) is 0 Å². The Morgan fingerprint density at radius 1 is 1.08 bits per heavy atom. The van der Waals surface area contributed by atoms with Gasteiger partial charge in [0, 0.05) is 17.2 Å². The number of nitrogens with two attached hydrogens (primary N) is 1. The number of ether oxygens (including phenoxy) is 1. The summed E-state index contributed by atoms with van der Waals surface area (Å²) in [5.74, 6) is 1.34. The van der Waals surface area contributed by atoms with Gasteiger partial charge in [0.15, 0.2) is 0 Å². The van der Waals surface area contributed by atoms with E-state index >= 15 is 0 Å². The van der Waals surface area contributed by atoms with Gasteiger partial charge in [0.2, 0.25) is 0 Å². The number of nitrogens with zero attached hydrogens (tertiary/aromatic N) is 1. The molecule has 0 saturated heterocycles. The van der Waals surface area contributed by atoms with Crippen LogP contribution >= 0.6 is 15.9 Å². The quantitative estimate of drug-likeness (QED) is 0.669. The van der Waals surface area contributed by atoms with E-state index in [4.69, 9.17) is 10.5 Å². The summed E-state index contributed by atoms with van der Waals surface area (Å²) >= 11 is 3.41.